The Kier molecular flexibility index (Phi) is 4.49. The van der Waals surface area contributed by atoms with Crippen LogP contribution < -0.4 is 11.2 Å². The maximum Gasteiger partial charge on any atom is 0.225 e. The largest absolute Gasteiger partial charge is 0.322 e. The third-order valence-electron chi connectivity index (χ3n) is 0.777. The summed E-state index contributed by atoms with van der Waals surface area (Å²) in [6.45, 7) is 1.93. The van der Waals surface area contributed by atoms with E-state index in [1.54, 1.807) is 0 Å². The molecule has 0 aromatic heterocycles. The van der Waals surface area contributed by atoms with Crippen molar-refractivity contribution in [1.29, 1.82) is 0 Å². The van der Waals surface area contributed by atoms with E-state index < -0.39 is 0 Å². The molecule has 0 spiro atoms. The van der Waals surface area contributed by atoms with E-state index in [0.717, 1.165) is 6.42 Å². The van der Waals surface area contributed by atoms with Crippen molar-refractivity contribution in [1.82, 2.24) is 5.32 Å². The van der Waals surface area contributed by atoms with Crippen LogP contribution in [-0.4, -0.2) is 12.2 Å². The Morgan fingerprint density at radius 1 is 1.89 bits per heavy atom. The van der Waals surface area contributed by atoms with Crippen LogP contribution in [0.1, 0.15) is 19.8 Å². The van der Waals surface area contributed by atoms with Gasteiger partial charge in [0.15, 0.2) is 0 Å². The number of hydrazone groups is 1. The number of carbonyl (C=O) groups is 1. The van der Waals surface area contributed by atoms with Crippen LogP contribution in [0.15, 0.2) is 5.10 Å². The van der Waals surface area contributed by atoms with E-state index in [1.165, 1.54) is 6.34 Å². The molecular weight excluding hydrogens is 118 g/mol. The minimum absolute atomic E-state index is 0.0494. The first-order chi connectivity index (χ1) is 4.31. The molecule has 52 valence electrons. The number of nitrogens with two attached hydrogens (primary N) is 1. The van der Waals surface area contributed by atoms with Gasteiger partial charge in [0.1, 0.15) is 6.34 Å². The molecule has 0 aromatic rings. The fourth-order valence-corrected chi connectivity index (χ4v) is 0.408. The first-order valence-corrected chi connectivity index (χ1v) is 2.82. The monoisotopic (exact) mass is 129 g/mol. The quantitative estimate of drug-likeness (QED) is 0.240. The number of hydrogen-bond donors (Lipinski definition) is 2. The topological polar surface area (TPSA) is 67.5 Å². The molecule has 4 nitrogen and oxygen atoms in total. The first-order valence-electron chi connectivity index (χ1n) is 2.82. The zero-order chi connectivity index (χ0) is 7.11. The van der Waals surface area contributed by atoms with Crippen LogP contribution in [0.3, 0.4) is 0 Å². The molecule has 0 fully saturated rings. The highest BCUT2D eigenvalue weighted by atomic mass is 16.1. The van der Waals surface area contributed by atoms with Crippen molar-refractivity contribution in [3.05, 3.63) is 0 Å². The molecule has 0 bridgehead atoms. The Balaban J connectivity index is 3.27. The highest BCUT2D eigenvalue weighted by Gasteiger charge is 1.92. The van der Waals surface area contributed by atoms with Gasteiger partial charge in [-0.2, -0.15) is 5.10 Å². The summed E-state index contributed by atoms with van der Waals surface area (Å²) < 4.78 is 0. The van der Waals surface area contributed by atoms with E-state index in [9.17, 15) is 4.79 Å². The van der Waals surface area contributed by atoms with Gasteiger partial charge in [0.2, 0.25) is 5.91 Å². The molecular formula is C5H11N3O. The van der Waals surface area contributed by atoms with Crippen molar-refractivity contribution in [2.45, 2.75) is 19.8 Å². The van der Waals surface area contributed by atoms with Crippen LogP contribution in [0.2, 0.25) is 0 Å². The number of nitrogens with one attached hydrogen (secondary N) is 1. The van der Waals surface area contributed by atoms with E-state index >= 15 is 0 Å². The maximum atomic E-state index is 10.5. The Bertz CT molecular complexity index is 111. The molecule has 4 heteroatoms. The molecule has 0 aromatic carbocycles. The van der Waals surface area contributed by atoms with Crippen molar-refractivity contribution in [3.8, 4) is 0 Å². The summed E-state index contributed by atoms with van der Waals surface area (Å²) in [4.78, 5) is 10.5. The van der Waals surface area contributed by atoms with E-state index in [2.05, 4.69) is 10.4 Å². The third kappa shape index (κ3) is 4.80. The number of nitrogens with zero attached hydrogens (tertiary/aromatic N) is 1. The average molecular weight is 129 g/mol. The van der Waals surface area contributed by atoms with Crippen molar-refractivity contribution >= 4 is 12.2 Å². The maximum absolute atomic E-state index is 10.5. The molecule has 0 aliphatic carbocycles. The summed E-state index contributed by atoms with van der Waals surface area (Å²) >= 11 is 0. The Labute approximate surface area is 54.1 Å². The van der Waals surface area contributed by atoms with Crippen molar-refractivity contribution in [2.75, 3.05) is 0 Å². The fourth-order valence-electron chi connectivity index (χ4n) is 0.408. The molecule has 0 radical (unpaired) electrons. The molecule has 0 aliphatic heterocycles. The number of hydrogen-bond acceptors (Lipinski definition) is 3. The van der Waals surface area contributed by atoms with Crippen molar-refractivity contribution < 1.29 is 4.79 Å². The van der Waals surface area contributed by atoms with Crippen LogP contribution in [0, 0.1) is 0 Å². The minimum Gasteiger partial charge on any atom is -0.322 e. The zero-order valence-corrected chi connectivity index (χ0v) is 5.42. The molecule has 0 heterocycles. The van der Waals surface area contributed by atoms with Gasteiger partial charge in [-0.05, 0) is 6.42 Å². The second kappa shape index (κ2) is 5.08. The average Bonchev–Trinajstić information content (AvgIpc) is 1.85. The molecule has 0 aliphatic rings. The normalized spacial score (nSPS) is 9.89. The summed E-state index contributed by atoms with van der Waals surface area (Å²) in [6, 6.07) is 0. The van der Waals surface area contributed by atoms with Gasteiger partial charge in [-0.3, -0.25) is 4.79 Å². The zero-order valence-electron chi connectivity index (χ0n) is 5.42. The molecule has 0 saturated carbocycles. The lowest BCUT2D eigenvalue weighted by Crippen LogP contribution is -2.21. The lowest BCUT2D eigenvalue weighted by atomic mass is 10.3. The summed E-state index contributed by atoms with van der Waals surface area (Å²) in [5, 5.41) is 5.48. The summed E-state index contributed by atoms with van der Waals surface area (Å²) in [5.41, 5.74) is 0. The van der Waals surface area contributed by atoms with Crippen molar-refractivity contribution in [2.24, 2.45) is 10.9 Å². The molecule has 0 unspecified atom stereocenters. The lowest BCUT2D eigenvalue weighted by molar-refractivity contribution is -0.119. The molecule has 0 rings (SSSR count). The van der Waals surface area contributed by atoms with Gasteiger partial charge in [0, 0.05) is 6.42 Å². The van der Waals surface area contributed by atoms with Gasteiger partial charge in [-0.1, -0.05) is 6.92 Å². The molecule has 9 heavy (non-hydrogen) atoms. The SMILES string of the molecule is CCCC(=O)NC=NN. The van der Waals surface area contributed by atoms with E-state index in [0.29, 0.717) is 6.42 Å². The highest BCUT2D eigenvalue weighted by Crippen LogP contribution is 1.82. The van der Waals surface area contributed by atoms with E-state index in [-0.39, 0.29) is 5.91 Å². The van der Waals surface area contributed by atoms with Gasteiger partial charge in [0.05, 0.1) is 0 Å². The Hall–Kier alpha value is -1.06. The predicted octanol–water partition coefficient (Wildman–Crippen LogP) is -0.195. The Morgan fingerprint density at radius 2 is 2.56 bits per heavy atom. The second-order valence-corrected chi connectivity index (χ2v) is 1.60. The van der Waals surface area contributed by atoms with Crippen LogP contribution >= 0.6 is 0 Å². The van der Waals surface area contributed by atoms with E-state index in [4.69, 9.17) is 5.84 Å². The van der Waals surface area contributed by atoms with Gasteiger partial charge >= 0.3 is 0 Å². The number of rotatable bonds is 3. The molecule has 1 amide bonds. The fraction of sp³-hybridized carbons (Fsp3) is 0.600. The summed E-state index contributed by atoms with van der Waals surface area (Å²) in [5.74, 6) is 4.68. The molecule has 0 atom stereocenters. The third-order valence-corrected chi connectivity index (χ3v) is 0.777. The van der Waals surface area contributed by atoms with Gasteiger partial charge < -0.3 is 11.2 Å². The highest BCUT2D eigenvalue weighted by molar-refractivity contribution is 5.87. The predicted molar refractivity (Wildman–Crippen MR) is 35.7 cm³/mol. The van der Waals surface area contributed by atoms with Crippen LogP contribution in [0.5, 0.6) is 0 Å². The number of carbonyl (C=O) groups excluding carboxylic acids is 1. The second-order valence-electron chi connectivity index (χ2n) is 1.60. The van der Waals surface area contributed by atoms with Gasteiger partial charge in [0.25, 0.3) is 0 Å². The standard InChI is InChI=1S/C5H11N3O/c1-2-3-5(9)7-4-8-6/h4H,2-3,6H2,1H3,(H,7,8,9). The molecule has 3 N–H and O–H groups in total. The minimum atomic E-state index is -0.0494. The van der Waals surface area contributed by atoms with Gasteiger partial charge in [-0.15, -0.1) is 0 Å². The lowest BCUT2D eigenvalue weighted by Gasteiger charge is -1.92. The Morgan fingerprint density at radius 3 is 3.00 bits per heavy atom. The molecule has 0 saturated heterocycles. The van der Waals surface area contributed by atoms with E-state index in [1.807, 2.05) is 6.92 Å². The summed E-state index contributed by atoms with van der Waals surface area (Å²) in [7, 11) is 0. The van der Waals surface area contributed by atoms with Crippen LogP contribution in [0.25, 0.3) is 0 Å². The number of amides is 1. The summed E-state index contributed by atoms with van der Waals surface area (Å²) in [6.07, 6.45) is 2.54. The van der Waals surface area contributed by atoms with Crippen LogP contribution in [0.4, 0.5) is 0 Å². The van der Waals surface area contributed by atoms with Crippen molar-refractivity contribution in [3.63, 3.8) is 0 Å². The van der Waals surface area contributed by atoms with Gasteiger partial charge in [-0.25, -0.2) is 0 Å². The van der Waals surface area contributed by atoms with Crippen LogP contribution in [-0.2, 0) is 4.79 Å². The smallest absolute Gasteiger partial charge is 0.225 e. The first kappa shape index (κ1) is 7.94.